The number of nitrogens with two attached hydrogens (primary N) is 1. The van der Waals surface area contributed by atoms with Crippen LogP contribution in [0.1, 0.15) is 17.4 Å². The molecule has 0 aliphatic carbocycles. The Morgan fingerprint density at radius 3 is 2.71 bits per heavy atom. The van der Waals surface area contributed by atoms with Crippen LogP contribution in [-0.4, -0.2) is 7.11 Å². The Labute approximate surface area is 135 Å². The molecular formula is C16H13BrClNO2. The molecule has 108 valence electrons. The lowest BCUT2D eigenvalue weighted by Crippen LogP contribution is -2.11. The number of ether oxygens (including phenoxy) is 1. The van der Waals surface area contributed by atoms with Gasteiger partial charge in [0, 0.05) is 20.9 Å². The average molecular weight is 367 g/mol. The van der Waals surface area contributed by atoms with E-state index in [2.05, 4.69) is 15.9 Å². The first kappa shape index (κ1) is 14.4. The van der Waals surface area contributed by atoms with Gasteiger partial charge in [-0.25, -0.2) is 0 Å². The van der Waals surface area contributed by atoms with Crippen LogP contribution in [0.2, 0.25) is 5.02 Å². The minimum absolute atomic E-state index is 0.364. The van der Waals surface area contributed by atoms with Gasteiger partial charge in [0.05, 0.1) is 13.2 Å². The molecule has 2 N–H and O–H groups in total. The normalized spacial score (nSPS) is 12.6. The van der Waals surface area contributed by atoms with Crippen LogP contribution < -0.4 is 10.5 Å². The van der Waals surface area contributed by atoms with Crippen LogP contribution in [0.3, 0.4) is 0 Å². The molecule has 2 aromatic carbocycles. The van der Waals surface area contributed by atoms with Crippen molar-refractivity contribution in [2.24, 2.45) is 5.73 Å². The van der Waals surface area contributed by atoms with Crippen LogP contribution in [0.25, 0.3) is 11.0 Å². The molecule has 3 rings (SSSR count). The van der Waals surface area contributed by atoms with Crippen LogP contribution in [0.15, 0.2) is 51.4 Å². The van der Waals surface area contributed by atoms with E-state index in [1.165, 1.54) is 0 Å². The van der Waals surface area contributed by atoms with Gasteiger partial charge in [-0.2, -0.15) is 0 Å². The lowest BCUT2D eigenvalue weighted by molar-refractivity contribution is 0.406. The van der Waals surface area contributed by atoms with E-state index in [0.29, 0.717) is 22.1 Å². The second-order valence-electron chi connectivity index (χ2n) is 4.67. The summed E-state index contributed by atoms with van der Waals surface area (Å²) in [5.41, 5.74) is 7.93. The maximum atomic E-state index is 6.31. The molecule has 0 saturated heterocycles. The number of benzene rings is 2. The van der Waals surface area contributed by atoms with Gasteiger partial charge in [0.2, 0.25) is 0 Å². The van der Waals surface area contributed by atoms with Crippen LogP contribution >= 0.6 is 27.5 Å². The molecule has 1 heterocycles. The Bertz CT molecular complexity index is 800. The summed E-state index contributed by atoms with van der Waals surface area (Å²) in [7, 11) is 1.58. The zero-order valence-electron chi connectivity index (χ0n) is 11.3. The second kappa shape index (κ2) is 5.72. The van der Waals surface area contributed by atoms with Gasteiger partial charge >= 0.3 is 0 Å². The summed E-state index contributed by atoms with van der Waals surface area (Å²) < 4.78 is 12.1. The summed E-state index contributed by atoms with van der Waals surface area (Å²) in [6.07, 6.45) is 0. The first-order valence-corrected chi connectivity index (χ1v) is 7.54. The van der Waals surface area contributed by atoms with Gasteiger partial charge in [0.1, 0.15) is 5.76 Å². The van der Waals surface area contributed by atoms with E-state index >= 15 is 0 Å². The van der Waals surface area contributed by atoms with Crippen molar-refractivity contribution in [3.63, 3.8) is 0 Å². The molecule has 0 bridgehead atoms. The highest BCUT2D eigenvalue weighted by atomic mass is 79.9. The molecule has 0 fully saturated rings. The van der Waals surface area contributed by atoms with Gasteiger partial charge in [-0.05, 0) is 23.8 Å². The Balaban J connectivity index is 2.11. The summed E-state index contributed by atoms with van der Waals surface area (Å²) in [5.74, 6) is 1.26. The Morgan fingerprint density at radius 2 is 2.00 bits per heavy atom. The fourth-order valence-corrected chi connectivity index (χ4v) is 3.04. The summed E-state index contributed by atoms with van der Waals surface area (Å²) in [6.45, 7) is 0. The SMILES string of the molecule is COc1cc(Cl)cc2cc(C(N)c3ccccc3Br)oc12. The molecule has 0 aliphatic rings. The summed E-state index contributed by atoms with van der Waals surface area (Å²) >= 11 is 9.58. The number of hydrogen-bond donors (Lipinski definition) is 1. The van der Waals surface area contributed by atoms with E-state index in [0.717, 1.165) is 15.4 Å². The lowest BCUT2D eigenvalue weighted by atomic mass is 10.1. The first-order chi connectivity index (χ1) is 10.1. The fraction of sp³-hybridized carbons (Fsp3) is 0.125. The van der Waals surface area contributed by atoms with Crippen LogP contribution in [-0.2, 0) is 0 Å². The third kappa shape index (κ3) is 2.67. The third-order valence-electron chi connectivity index (χ3n) is 3.33. The summed E-state index contributed by atoms with van der Waals surface area (Å²) in [5, 5.41) is 1.47. The van der Waals surface area contributed by atoms with Gasteiger partial charge in [0.25, 0.3) is 0 Å². The van der Waals surface area contributed by atoms with E-state index in [4.69, 9.17) is 26.5 Å². The van der Waals surface area contributed by atoms with E-state index in [9.17, 15) is 0 Å². The molecule has 0 amide bonds. The number of rotatable bonds is 3. The molecule has 0 saturated carbocycles. The smallest absolute Gasteiger partial charge is 0.176 e. The Hall–Kier alpha value is -1.49. The lowest BCUT2D eigenvalue weighted by Gasteiger charge is -2.10. The topological polar surface area (TPSA) is 48.4 Å². The monoisotopic (exact) mass is 365 g/mol. The van der Waals surface area contributed by atoms with Gasteiger partial charge in [-0.3, -0.25) is 0 Å². The molecule has 3 aromatic rings. The minimum Gasteiger partial charge on any atom is -0.493 e. The zero-order chi connectivity index (χ0) is 15.0. The van der Waals surface area contributed by atoms with Crippen molar-refractivity contribution in [1.82, 2.24) is 0 Å². The van der Waals surface area contributed by atoms with Crippen molar-refractivity contribution in [3.8, 4) is 5.75 Å². The quantitative estimate of drug-likeness (QED) is 0.717. The number of methoxy groups -OCH3 is 1. The molecular weight excluding hydrogens is 354 g/mol. The van der Waals surface area contributed by atoms with E-state index in [-0.39, 0.29) is 6.04 Å². The number of halogens is 2. The predicted molar refractivity (Wildman–Crippen MR) is 87.9 cm³/mol. The standard InChI is InChI=1S/C16H13BrClNO2/c1-20-14-8-10(18)6-9-7-13(21-16(9)14)15(19)11-4-2-3-5-12(11)17/h2-8,15H,19H2,1H3. The molecule has 1 atom stereocenters. The van der Waals surface area contributed by atoms with Gasteiger partial charge in [-0.15, -0.1) is 0 Å². The van der Waals surface area contributed by atoms with Crippen molar-refractivity contribution in [3.05, 3.63) is 63.3 Å². The molecule has 0 radical (unpaired) electrons. The van der Waals surface area contributed by atoms with Crippen LogP contribution in [0, 0.1) is 0 Å². The van der Waals surface area contributed by atoms with E-state index in [1.807, 2.05) is 36.4 Å². The highest BCUT2D eigenvalue weighted by molar-refractivity contribution is 9.10. The molecule has 0 spiro atoms. The molecule has 21 heavy (non-hydrogen) atoms. The van der Waals surface area contributed by atoms with Gasteiger partial charge < -0.3 is 14.9 Å². The second-order valence-corrected chi connectivity index (χ2v) is 5.97. The Kier molecular flexibility index (Phi) is 3.93. The zero-order valence-corrected chi connectivity index (χ0v) is 13.6. The highest BCUT2D eigenvalue weighted by Gasteiger charge is 2.18. The van der Waals surface area contributed by atoms with Crippen LogP contribution in [0.4, 0.5) is 0 Å². The van der Waals surface area contributed by atoms with Crippen molar-refractivity contribution < 1.29 is 9.15 Å². The molecule has 1 unspecified atom stereocenters. The van der Waals surface area contributed by atoms with Crippen LogP contribution in [0.5, 0.6) is 5.75 Å². The minimum atomic E-state index is -0.364. The molecule has 0 aliphatic heterocycles. The number of furan rings is 1. The molecule has 1 aromatic heterocycles. The predicted octanol–water partition coefficient (Wildman–Crippen LogP) is 4.91. The maximum Gasteiger partial charge on any atom is 0.176 e. The van der Waals surface area contributed by atoms with Gasteiger partial charge in [-0.1, -0.05) is 45.7 Å². The summed E-state index contributed by atoms with van der Waals surface area (Å²) in [4.78, 5) is 0. The summed E-state index contributed by atoms with van der Waals surface area (Å²) in [6, 6.07) is 12.9. The number of fused-ring (bicyclic) bond motifs is 1. The largest absolute Gasteiger partial charge is 0.493 e. The number of hydrogen-bond acceptors (Lipinski definition) is 3. The van der Waals surface area contributed by atoms with E-state index in [1.54, 1.807) is 13.2 Å². The fourth-order valence-electron chi connectivity index (χ4n) is 2.29. The Morgan fingerprint density at radius 1 is 1.24 bits per heavy atom. The van der Waals surface area contributed by atoms with Crippen molar-refractivity contribution in [2.45, 2.75) is 6.04 Å². The highest BCUT2D eigenvalue weighted by Crippen LogP contribution is 2.36. The third-order valence-corrected chi connectivity index (χ3v) is 4.27. The van der Waals surface area contributed by atoms with Gasteiger partial charge in [0.15, 0.2) is 11.3 Å². The van der Waals surface area contributed by atoms with Crippen molar-refractivity contribution >= 4 is 38.5 Å². The first-order valence-electron chi connectivity index (χ1n) is 6.37. The molecule has 5 heteroatoms. The average Bonchev–Trinajstić information content (AvgIpc) is 2.90. The van der Waals surface area contributed by atoms with E-state index < -0.39 is 0 Å². The maximum absolute atomic E-state index is 6.31. The molecule has 3 nitrogen and oxygen atoms in total. The van der Waals surface area contributed by atoms with Crippen molar-refractivity contribution in [1.29, 1.82) is 0 Å². The van der Waals surface area contributed by atoms with Crippen molar-refractivity contribution in [2.75, 3.05) is 7.11 Å².